The molecule has 0 aliphatic carbocycles. The van der Waals surface area contributed by atoms with Crippen LogP contribution < -0.4 is 0 Å². The topological polar surface area (TPSA) is 61.1 Å². The van der Waals surface area contributed by atoms with Crippen molar-refractivity contribution in [1.29, 1.82) is 5.26 Å². The third-order valence-corrected chi connectivity index (χ3v) is 2.57. The van der Waals surface area contributed by atoms with Crippen LogP contribution in [0, 0.1) is 23.2 Å². The molecule has 0 heterocycles. The van der Waals surface area contributed by atoms with Crippen molar-refractivity contribution in [2.24, 2.45) is 11.8 Å². The van der Waals surface area contributed by atoms with Gasteiger partial charge >= 0.3 is 5.97 Å². The fourth-order valence-electron chi connectivity index (χ4n) is 1.52. The zero-order valence-corrected chi connectivity index (χ0v) is 8.99. The molecule has 0 aliphatic heterocycles. The highest BCUT2D eigenvalue weighted by atomic mass is 16.4. The van der Waals surface area contributed by atoms with Crippen molar-refractivity contribution in [1.82, 2.24) is 0 Å². The van der Waals surface area contributed by atoms with Crippen molar-refractivity contribution in [3.63, 3.8) is 0 Å². The number of carboxylic acid groups (broad SMARTS) is 1. The highest BCUT2D eigenvalue weighted by molar-refractivity contribution is 5.72. The summed E-state index contributed by atoms with van der Waals surface area (Å²) < 4.78 is 0. The SMILES string of the molecule is CCCC[C@H](CC)C[C@H](C#N)C(=O)O. The van der Waals surface area contributed by atoms with E-state index in [1.54, 1.807) is 0 Å². The second-order valence-corrected chi connectivity index (χ2v) is 3.67. The van der Waals surface area contributed by atoms with Gasteiger partial charge in [-0.1, -0.05) is 39.5 Å². The van der Waals surface area contributed by atoms with Crippen LogP contribution in [0.25, 0.3) is 0 Å². The molecule has 0 radical (unpaired) electrons. The summed E-state index contributed by atoms with van der Waals surface area (Å²) in [6.45, 7) is 4.17. The molecule has 3 nitrogen and oxygen atoms in total. The zero-order chi connectivity index (χ0) is 11.0. The van der Waals surface area contributed by atoms with E-state index in [0.717, 1.165) is 25.7 Å². The van der Waals surface area contributed by atoms with Crippen LogP contribution in [0.2, 0.25) is 0 Å². The zero-order valence-electron chi connectivity index (χ0n) is 8.99. The lowest BCUT2D eigenvalue weighted by Gasteiger charge is -2.15. The minimum absolute atomic E-state index is 0.385. The van der Waals surface area contributed by atoms with Gasteiger partial charge in [-0.25, -0.2) is 0 Å². The largest absolute Gasteiger partial charge is 0.480 e. The smallest absolute Gasteiger partial charge is 0.320 e. The van der Waals surface area contributed by atoms with Gasteiger partial charge < -0.3 is 5.11 Å². The number of nitrogens with zero attached hydrogens (tertiary/aromatic N) is 1. The first-order valence-corrected chi connectivity index (χ1v) is 5.28. The molecule has 0 aliphatic rings. The summed E-state index contributed by atoms with van der Waals surface area (Å²) in [7, 11) is 0. The maximum absolute atomic E-state index is 10.6. The van der Waals surface area contributed by atoms with Gasteiger partial charge in [0.1, 0.15) is 5.92 Å². The fourth-order valence-corrected chi connectivity index (χ4v) is 1.52. The fraction of sp³-hybridized carbons (Fsp3) is 0.818. The van der Waals surface area contributed by atoms with Crippen LogP contribution in [0.3, 0.4) is 0 Å². The van der Waals surface area contributed by atoms with Crippen LogP contribution in [0.4, 0.5) is 0 Å². The van der Waals surface area contributed by atoms with Crippen LogP contribution >= 0.6 is 0 Å². The number of nitriles is 1. The van der Waals surface area contributed by atoms with E-state index >= 15 is 0 Å². The third-order valence-electron chi connectivity index (χ3n) is 2.57. The van der Waals surface area contributed by atoms with Gasteiger partial charge in [-0.2, -0.15) is 5.26 Å². The molecule has 0 unspecified atom stereocenters. The Hall–Kier alpha value is -1.04. The number of hydrogen-bond donors (Lipinski definition) is 1. The minimum Gasteiger partial charge on any atom is -0.480 e. The highest BCUT2D eigenvalue weighted by Crippen LogP contribution is 2.21. The van der Waals surface area contributed by atoms with Gasteiger partial charge in [0, 0.05) is 0 Å². The van der Waals surface area contributed by atoms with Crippen molar-refractivity contribution in [3.8, 4) is 6.07 Å². The highest BCUT2D eigenvalue weighted by Gasteiger charge is 2.20. The van der Waals surface area contributed by atoms with E-state index < -0.39 is 11.9 Å². The number of unbranched alkanes of at least 4 members (excludes halogenated alkanes) is 1. The van der Waals surface area contributed by atoms with Crippen LogP contribution in [0.5, 0.6) is 0 Å². The standard InChI is InChI=1S/C11H19NO2/c1-3-5-6-9(4-2)7-10(8-12)11(13)14/h9-10H,3-7H2,1-2H3,(H,13,14)/t9-,10+/m0/s1. The van der Waals surface area contributed by atoms with Crippen LogP contribution in [-0.4, -0.2) is 11.1 Å². The van der Waals surface area contributed by atoms with Gasteiger partial charge in [0.05, 0.1) is 6.07 Å². The van der Waals surface area contributed by atoms with Gasteiger partial charge in [-0.05, 0) is 12.3 Å². The lowest BCUT2D eigenvalue weighted by Crippen LogP contribution is -2.16. The van der Waals surface area contributed by atoms with Gasteiger partial charge in [-0.3, -0.25) is 4.79 Å². The van der Waals surface area contributed by atoms with E-state index in [2.05, 4.69) is 13.8 Å². The molecule has 0 saturated carbocycles. The number of hydrogen-bond acceptors (Lipinski definition) is 2. The molecule has 0 spiro atoms. The Kier molecular flexibility index (Phi) is 6.82. The quantitative estimate of drug-likeness (QED) is 0.682. The first kappa shape index (κ1) is 13.0. The Morgan fingerprint density at radius 1 is 1.50 bits per heavy atom. The molecule has 80 valence electrons. The first-order chi connectivity index (χ1) is 6.65. The van der Waals surface area contributed by atoms with Gasteiger partial charge in [-0.15, -0.1) is 0 Å². The Labute approximate surface area is 85.7 Å². The molecule has 2 atom stereocenters. The first-order valence-electron chi connectivity index (χ1n) is 5.28. The predicted octanol–water partition coefficient (Wildman–Crippen LogP) is 2.82. The molecule has 1 N–H and O–H groups in total. The number of aliphatic carboxylic acids is 1. The molecule has 14 heavy (non-hydrogen) atoms. The average molecular weight is 197 g/mol. The third kappa shape index (κ3) is 4.86. The lowest BCUT2D eigenvalue weighted by atomic mass is 9.89. The Morgan fingerprint density at radius 3 is 2.50 bits per heavy atom. The van der Waals surface area contributed by atoms with Crippen molar-refractivity contribution in [2.75, 3.05) is 0 Å². The Bertz CT molecular complexity index is 208. The molecule has 0 aromatic heterocycles. The summed E-state index contributed by atoms with van der Waals surface area (Å²) in [5.41, 5.74) is 0. The molecule has 0 saturated heterocycles. The molecule has 3 heteroatoms. The van der Waals surface area contributed by atoms with Gasteiger partial charge in [0.15, 0.2) is 0 Å². The van der Waals surface area contributed by atoms with E-state index in [1.807, 2.05) is 6.07 Å². The summed E-state index contributed by atoms with van der Waals surface area (Å²) in [5, 5.41) is 17.4. The Balaban J connectivity index is 4.02. The maximum atomic E-state index is 10.6. The molecule has 0 fully saturated rings. The molecule has 0 aromatic rings. The Morgan fingerprint density at radius 2 is 2.14 bits per heavy atom. The minimum atomic E-state index is -0.984. The van der Waals surface area contributed by atoms with E-state index in [-0.39, 0.29) is 0 Å². The van der Waals surface area contributed by atoms with Crippen LogP contribution in [-0.2, 0) is 4.79 Å². The molecular weight excluding hydrogens is 178 g/mol. The molecule has 0 bridgehead atoms. The monoisotopic (exact) mass is 197 g/mol. The molecular formula is C11H19NO2. The summed E-state index contributed by atoms with van der Waals surface area (Å²) in [4.78, 5) is 10.6. The van der Waals surface area contributed by atoms with E-state index in [4.69, 9.17) is 10.4 Å². The molecule has 0 rings (SSSR count). The van der Waals surface area contributed by atoms with Crippen molar-refractivity contribution >= 4 is 5.97 Å². The van der Waals surface area contributed by atoms with E-state index in [1.165, 1.54) is 0 Å². The number of rotatable bonds is 7. The number of carboxylic acids is 1. The summed E-state index contributed by atoms with van der Waals surface area (Å²) >= 11 is 0. The normalized spacial score (nSPS) is 14.4. The van der Waals surface area contributed by atoms with Crippen molar-refractivity contribution < 1.29 is 9.90 Å². The van der Waals surface area contributed by atoms with E-state index in [0.29, 0.717) is 12.3 Å². The molecule has 0 aromatic carbocycles. The van der Waals surface area contributed by atoms with Crippen molar-refractivity contribution in [3.05, 3.63) is 0 Å². The second-order valence-electron chi connectivity index (χ2n) is 3.67. The van der Waals surface area contributed by atoms with Gasteiger partial charge in [0.25, 0.3) is 0 Å². The summed E-state index contributed by atoms with van der Waals surface area (Å²) in [6, 6.07) is 1.84. The summed E-state index contributed by atoms with van der Waals surface area (Å²) in [6.07, 6.45) is 4.75. The molecule has 0 amide bonds. The summed E-state index contributed by atoms with van der Waals surface area (Å²) in [5.74, 6) is -1.42. The predicted molar refractivity (Wildman–Crippen MR) is 54.7 cm³/mol. The average Bonchev–Trinajstić information content (AvgIpc) is 2.18. The number of carbonyl (C=O) groups is 1. The van der Waals surface area contributed by atoms with Gasteiger partial charge in [0.2, 0.25) is 0 Å². The maximum Gasteiger partial charge on any atom is 0.320 e. The van der Waals surface area contributed by atoms with Crippen molar-refractivity contribution in [2.45, 2.75) is 46.0 Å². The van der Waals surface area contributed by atoms with Crippen LogP contribution in [0.1, 0.15) is 46.0 Å². The second kappa shape index (κ2) is 7.37. The lowest BCUT2D eigenvalue weighted by molar-refractivity contribution is -0.140. The van der Waals surface area contributed by atoms with Crippen LogP contribution in [0.15, 0.2) is 0 Å². The van der Waals surface area contributed by atoms with E-state index in [9.17, 15) is 4.79 Å².